The van der Waals surface area contributed by atoms with Crippen molar-refractivity contribution in [3.8, 4) is 0 Å². The van der Waals surface area contributed by atoms with Crippen LogP contribution in [0.1, 0.15) is 106 Å². The molecule has 0 aromatic heterocycles. The fraction of sp³-hybridized carbons (Fsp3) is 0.339. The van der Waals surface area contributed by atoms with Crippen LogP contribution < -0.4 is 29.6 Å². The second-order valence-electron chi connectivity index (χ2n) is 18.7. The summed E-state index contributed by atoms with van der Waals surface area (Å²) in [5.41, 5.74) is 4.77. The van der Waals surface area contributed by atoms with Crippen molar-refractivity contribution in [2.75, 3.05) is 0 Å². The normalized spacial score (nSPS) is 16.5. The molecule has 4 fully saturated rings. The zero-order valence-electron chi connectivity index (χ0n) is 45.5. The van der Waals surface area contributed by atoms with Gasteiger partial charge in [-0.05, 0) is 206 Å². The molecule has 0 bridgehead atoms. The molecule has 4 saturated heterocycles. The molecule has 0 saturated carbocycles. The number of rotatable bonds is 19. The third-order valence-electron chi connectivity index (χ3n) is 12.2. The summed E-state index contributed by atoms with van der Waals surface area (Å²) in [4.78, 5) is 146. The van der Waals surface area contributed by atoms with E-state index in [1.165, 1.54) is 0 Å². The van der Waals surface area contributed by atoms with Gasteiger partial charge in [-0.1, -0.05) is 62.0 Å². The summed E-state index contributed by atoms with van der Waals surface area (Å²) >= 11 is 8.83. The quantitative estimate of drug-likeness (QED) is 0.0524. The van der Waals surface area contributed by atoms with E-state index in [2.05, 4.69) is 102 Å². The van der Waals surface area contributed by atoms with Gasteiger partial charge in [-0.15, -0.1) is 20.3 Å². The molecular weight excluding hydrogens is 1570 g/mol. The average Bonchev–Trinajstić information content (AvgIpc) is 3.56. The van der Waals surface area contributed by atoms with E-state index in [4.69, 9.17) is 14.5 Å². The number of hydrogen-bond donors (Lipinski definition) is 0. The molecule has 28 heteroatoms. The molecular formula is C56H55I4N4NaO18S. The molecule has 4 heterocycles. The van der Waals surface area contributed by atoms with Crippen LogP contribution in [0, 0.1) is 20.2 Å². The standard InChI is InChI=1S/C15H16INO4.C14H14INO4.C14H14INO3.C13H12INO7S.Na/c1-10-9-13(18)17(15(10)20)21-14(19)4-2-3-11-5-7-12(16)8-6-11;15-11-6-4-10(5-7-11)2-1-3-14(19)20-16-12(17)8-9-13(16)18;1-10-2-8-13(17)16(10)19-14(18)9-5-11-3-6-12(15)7-4-11;14-9-4-1-8(2-5-9)3-6-12(17)22-15-11(16)7-10(13(15)18)23(19,20)21;/h5-8,10H,2-4,9H2,1H3;4-7H,1-3,8-9H2;3-4,6-7H,1-2,5,8-9H2;1-2,4-5,10H,3,6-7H2,(H,19,20,21);/q;;;;+1/p-1/i16-3;2*15-3;14-3;. The van der Waals surface area contributed by atoms with Crippen LogP contribution in [-0.4, -0.2) is 104 Å². The van der Waals surface area contributed by atoms with E-state index in [0.29, 0.717) is 54.3 Å². The average molecular weight is 1620 g/mol. The van der Waals surface area contributed by atoms with Crippen LogP contribution >= 0.6 is 90.4 Å². The Kier molecular flexibility index (Phi) is 30.0. The zero-order valence-corrected chi connectivity index (χ0v) is 56.9. The number of nitrogens with zero attached hydrogens (tertiary/aromatic N) is 4. The van der Waals surface area contributed by atoms with Crippen molar-refractivity contribution >= 4 is 166 Å². The first kappa shape index (κ1) is 71.7. The van der Waals surface area contributed by atoms with Crippen LogP contribution in [0.3, 0.4) is 0 Å². The van der Waals surface area contributed by atoms with Crippen LogP contribution in [0.25, 0.3) is 0 Å². The van der Waals surface area contributed by atoms with Crippen molar-refractivity contribution in [3.63, 3.8) is 0 Å². The Balaban J connectivity index is 0.000000240. The molecule has 0 N–H and O–H groups in total. The van der Waals surface area contributed by atoms with Gasteiger partial charge in [0.15, 0.2) is 0 Å². The number of hydrogen-bond acceptors (Lipinski definition) is 18. The topological polar surface area (TPSA) is 295 Å². The predicted molar refractivity (Wildman–Crippen MR) is 325 cm³/mol. The van der Waals surface area contributed by atoms with Crippen LogP contribution in [0.15, 0.2) is 109 Å². The van der Waals surface area contributed by atoms with E-state index >= 15 is 0 Å². The van der Waals surface area contributed by atoms with Crippen LogP contribution in [0.5, 0.6) is 0 Å². The summed E-state index contributed by atoms with van der Waals surface area (Å²) in [6.07, 6.45) is 4.64. The Morgan fingerprint density at radius 3 is 1.11 bits per heavy atom. The van der Waals surface area contributed by atoms with Gasteiger partial charge in [0.05, 0.1) is 25.0 Å². The zero-order chi connectivity index (χ0) is 61.0. The summed E-state index contributed by atoms with van der Waals surface area (Å²) in [7, 11) is -4.97. The summed E-state index contributed by atoms with van der Waals surface area (Å²) in [5, 5.41) is 0.261. The summed E-state index contributed by atoms with van der Waals surface area (Å²) in [6, 6.07) is 31.4. The van der Waals surface area contributed by atoms with Gasteiger partial charge in [-0.25, -0.2) is 27.6 Å². The molecule has 2 atom stereocenters. The van der Waals surface area contributed by atoms with Crippen LogP contribution in [-0.2, 0) is 108 Å². The van der Waals surface area contributed by atoms with Crippen molar-refractivity contribution in [1.82, 2.24) is 20.3 Å². The van der Waals surface area contributed by atoms with Crippen molar-refractivity contribution in [2.45, 2.75) is 115 Å². The van der Waals surface area contributed by atoms with Crippen molar-refractivity contribution in [1.29, 1.82) is 0 Å². The van der Waals surface area contributed by atoms with Gasteiger partial charge in [-0.2, -0.15) is 0 Å². The van der Waals surface area contributed by atoms with Gasteiger partial charge >= 0.3 is 53.4 Å². The van der Waals surface area contributed by atoms with Gasteiger partial charge < -0.3 is 23.9 Å². The number of carbonyl (C=O) groups excluding carboxylic acids is 11. The molecule has 7 amide bonds. The number of halogens is 4. The first-order chi connectivity index (χ1) is 39.3. The van der Waals surface area contributed by atoms with E-state index in [0.717, 1.165) is 54.4 Å². The molecule has 2 unspecified atom stereocenters. The van der Waals surface area contributed by atoms with Crippen molar-refractivity contribution in [3.05, 3.63) is 146 Å². The molecule has 8 rings (SSSR count). The van der Waals surface area contributed by atoms with Gasteiger partial charge in [0.25, 0.3) is 41.4 Å². The van der Waals surface area contributed by atoms with Crippen molar-refractivity contribution in [2.24, 2.45) is 5.92 Å². The number of carbonyl (C=O) groups is 11. The largest absolute Gasteiger partial charge is 1.00 e. The van der Waals surface area contributed by atoms with Gasteiger partial charge in [-0.3, -0.25) is 33.6 Å². The van der Waals surface area contributed by atoms with Crippen LogP contribution in [0.2, 0.25) is 0 Å². The minimum atomic E-state index is -4.97. The molecule has 0 spiro atoms. The maximum Gasteiger partial charge on any atom is 1.00 e. The molecule has 0 aliphatic carbocycles. The summed E-state index contributed by atoms with van der Waals surface area (Å²) in [5.74, 6) is -7.09. The van der Waals surface area contributed by atoms with E-state index < -0.39 is 87.0 Å². The summed E-state index contributed by atoms with van der Waals surface area (Å²) in [6.45, 7) is 5.34. The summed E-state index contributed by atoms with van der Waals surface area (Å²) < 4.78 is 37.1. The third kappa shape index (κ3) is 23.8. The fourth-order valence-corrected chi connectivity index (χ4v) is 9.85. The molecule has 4 aliphatic rings. The van der Waals surface area contributed by atoms with E-state index in [1.807, 2.05) is 97.1 Å². The third-order valence-corrected chi connectivity index (χ3v) is 16.2. The SMILES string of the molecule is C=C1CCC(=O)N1OC(=O)CCc1ccc([124I])cc1.CC1CC(=O)N(OC(=O)CCCc2ccc([124I])cc2)C1=O.O=C(CCCc1ccc([124I])cc1)ON1C(=O)CCC1=O.O=C(CCc1ccc([124I])cc1)ON1C(=O)CC(S(=O)(=O)[O-])C1=O.[Na+]. The van der Waals surface area contributed by atoms with Gasteiger partial charge in [0, 0.05) is 58.7 Å². The molecule has 0 radical (unpaired) electrons. The van der Waals surface area contributed by atoms with E-state index in [-0.39, 0.29) is 85.5 Å². The minimum Gasteiger partial charge on any atom is -0.747 e. The van der Waals surface area contributed by atoms with E-state index in [9.17, 15) is 65.7 Å². The smallest absolute Gasteiger partial charge is 0.747 e. The number of amides is 7. The second-order valence-corrected chi connectivity index (χ2v) is 25.3. The number of imide groups is 3. The predicted octanol–water partition coefficient (Wildman–Crippen LogP) is 4.87. The Morgan fingerprint density at radius 2 is 0.774 bits per heavy atom. The molecule has 4 aromatic carbocycles. The van der Waals surface area contributed by atoms with Crippen molar-refractivity contribution < 1.29 is 115 Å². The monoisotopic (exact) mass is 1620 g/mol. The first-order valence-electron chi connectivity index (χ1n) is 25.6. The minimum absolute atomic E-state index is 0. The number of benzene rings is 4. The number of allylic oxidation sites excluding steroid dienone is 1. The van der Waals surface area contributed by atoms with Crippen LogP contribution in [0.4, 0.5) is 0 Å². The van der Waals surface area contributed by atoms with Gasteiger partial charge in [0.1, 0.15) is 15.4 Å². The van der Waals surface area contributed by atoms with E-state index in [1.54, 1.807) is 6.92 Å². The molecule has 22 nitrogen and oxygen atoms in total. The second kappa shape index (κ2) is 35.1. The Morgan fingerprint density at radius 1 is 0.464 bits per heavy atom. The Bertz CT molecular complexity index is 3160. The molecule has 442 valence electrons. The Labute approximate surface area is 561 Å². The molecule has 4 aliphatic heterocycles. The molecule has 84 heavy (non-hydrogen) atoms. The first-order valence-corrected chi connectivity index (χ1v) is 31.4. The Hall–Kier alpha value is -4.78. The maximum absolute atomic E-state index is 11.7. The fourth-order valence-electron chi connectivity index (χ4n) is 7.72. The number of aryl methyl sites for hydroxylation is 4. The number of hydroxylamine groups is 8. The molecule has 4 aromatic rings. The van der Waals surface area contributed by atoms with Gasteiger partial charge in [0.2, 0.25) is 0 Å². The maximum atomic E-state index is 11.7.